The molecule has 3 rings (SSSR count). The second-order valence-electron chi connectivity index (χ2n) is 7.22. The van der Waals surface area contributed by atoms with Crippen LogP contribution in [-0.4, -0.2) is 57.2 Å². The van der Waals surface area contributed by atoms with Gasteiger partial charge in [0, 0.05) is 11.6 Å². The molecule has 0 unspecified atom stereocenters. The standard InChI is InChI=1S/C22H26ClN3O3S.ClH/c1-14-12-15(23)13-18-19(14)24-22(30-18)26(11-7-10-25(2)3)21(27)16-8-6-9-17(28-4)20(16)29-5;/h6,8-9,12-13H,7,10-11H2,1-5H3;1H. The topological polar surface area (TPSA) is 54.9 Å². The first-order valence-corrected chi connectivity index (χ1v) is 10.8. The zero-order valence-corrected chi connectivity index (χ0v) is 20.7. The molecular formula is C22H27Cl2N3O3S. The Labute approximate surface area is 198 Å². The van der Waals surface area contributed by atoms with Crippen molar-refractivity contribution < 1.29 is 14.3 Å². The van der Waals surface area contributed by atoms with E-state index in [9.17, 15) is 4.79 Å². The van der Waals surface area contributed by atoms with Gasteiger partial charge in [0.2, 0.25) is 0 Å². The number of halogens is 2. The number of para-hydroxylation sites is 1. The van der Waals surface area contributed by atoms with Crippen molar-refractivity contribution in [2.24, 2.45) is 0 Å². The number of amides is 1. The number of ether oxygens (including phenoxy) is 2. The number of hydrogen-bond donors (Lipinski definition) is 0. The molecule has 0 saturated heterocycles. The van der Waals surface area contributed by atoms with Gasteiger partial charge in [0.1, 0.15) is 0 Å². The van der Waals surface area contributed by atoms with Gasteiger partial charge in [-0.05, 0) is 63.8 Å². The Bertz CT molecular complexity index is 1060. The maximum absolute atomic E-state index is 13.6. The van der Waals surface area contributed by atoms with Gasteiger partial charge < -0.3 is 14.4 Å². The van der Waals surface area contributed by atoms with Gasteiger partial charge in [-0.25, -0.2) is 4.98 Å². The maximum atomic E-state index is 13.6. The highest BCUT2D eigenvalue weighted by molar-refractivity contribution is 7.22. The number of aryl methyl sites for hydroxylation is 1. The molecule has 1 amide bonds. The van der Waals surface area contributed by atoms with Crippen LogP contribution >= 0.6 is 35.3 Å². The lowest BCUT2D eigenvalue weighted by Gasteiger charge is -2.22. The van der Waals surface area contributed by atoms with Crippen LogP contribution in [0.3, 0.4) is 0 Å². The minimum absolute atomic E-state index is 0. The fourth-order valence-electron chi connectivity index (χ4n) is 3.29. The Morgan fingerprint density at radius 1 is 1.16 bits per heavy atom. The second kappa shape index (κ2) is 11.0. The highest BCUT2D eigenvalue weighted by atomic mass is 35.5. The number of carbonyl (C=O) groups excluding carboxylic acids is 1. The molecule has 0 bridgehead atoms. The molecule has 1 heterocycles. The highest BCUT2D eigenvalue weighted by Crippen LogP contribution is 2.36. The Hall–Kier alpha value is -2.06. The summed E-state index contributed by atoms with van der Waals surface area (Å²) in [5.74, 6) is 0.763. The van der Waals surface area contributed by atoms with Gasteiger partial charge in [-0.15, -0.1) is 12.4 Å². The van der Waals surface area contributed by atoms with Crippen molar-refractivity contribution in [1.29, 1.82) is 0 Å². The molecule has 0 N–H and O–H groups in total. The van der Waals surface area contributed by atoms with Crippen molar-refractivity contribution in [3.05, 3.63) is 46.5 Å². The van der Waals surface area contributed by atoms with Gasteiger partial charge in [-0.1, -0.05) is 29.0 Å². The lowest BCUT2D eigenvalue weighted by atomic mass is 10.1. The number of hydrogen-bond acceptors (Lipinski definition) is 6. The van der Waals surface area contributed by atoms with Gasteiger partial charge in [0.05, 0.1) is 30.0 Å². The number of benzene rings is 2. The molecule has 0 aliphatic heterocycles. The molecule has 6 nitrogen and oxygen atoms in total. The maximum Gasteiger partial charge on any atom is 0.263 e. The first kappa shape index (κ1) is 25.2. The molecule has 0 aliphatic carbocycles. The number of anilines is 1. The number of methoxy groups -OCH3 is 2. The van der Waals surface area contributed by atoms with E-state index in [0.29, 0.717) is 33.8 Å². The minimum atomic E-state index is -0.174. The molecule has 0 atom stereocenters. The van der Waals surface area contributed by atoms with E-state index in [4.69, 9.17) is 26.1 Å². The molecule has 168 valence electrons. The average molecular weight is 484 g/mol. The predicted octanol–water partition coefficient (Wildman–Crippen LogP) is 5.30. The van der Waals surface area contributed by atoms with E-state index >= 15 is 0 Å². The SMILES string of the molecule is COc1cccc(C(=O)N(CCCN(C)C)c2nc3c(C)cc(Cl)cc3s2)c1OC.Cl. The Kier molecular flexibility index (Phi) is 8.94. The third-order valence-electron chi connectivity index (χ3n) is 4.74. The molecule has 1 aromatic heterocycles. The molecule has 9 heteroatoms. The van der Waals surface area contributed by atoms with Crippen molar-refractivity contribution in [2.45, 2.75) is 13.3 Å². The Morgan fingerprint density at radius 2 is 1.90 bits per heavy atom. The molecule has 0 saturated carbocycles. The first-order chi connectivity index (χ1) is 14.3. The van der Waals surface area contributed by atoms with Crippen molar-refractivity contribution >= 4 is 56.6 Å². The summed E-state index contributed by atoms with van der Waals surface area (Å²) < 4.78 is 11.8. The van der Waals surface area contributed by atoms with Crippen LogP contribution in [0.2, 0.25) is 5.02 Å². The van der Waals surface area contributed by atoms with Crippen molar-refractivity contribution in [1.82, 2.24) is 9.88 Å². The summed E-state index contributed by atoms with van der Waals surface area (Å²) in [7, 11) is 7.12. The predicted molar refractivity (Wildman–Crippen MR) is 131 cm³/mol. The summed E-state index contributed by atoms with van der Waals surface area (Å²) in [6, 6.07) is 9.08. The van der Waals surface area contributed by atoms with Crippen LogP contribution in [-0.2, 0) is 0 Å². The van der Waals surface area contributed by atoms with E-state index in [1.165, 1.54) is 18.4 Å². The number of thiazole rings is 1. The molecule has 0 fully saturated rings. The van der Waals surface area contributed by atoms with E-state index in [2.05, 4.69) is 4.90 Å². The highest BCUT2D eigenvalue weighted by Gasteiger charge is 2.26. The zero-order valence-electron chi connectivity index (χ0n) is 18.3. The zero-order chi connectivity index (χ0) is 21.8. The van der Waals surface area contributed by atoms with Crippen LogP contribution in [0.4, 0.5) is 5.13 Å². The van der Waals surface area contributed by atoms with Gasteiger partial charge in [0.25, 0.3) is 5.91 Å². The summed E-state index contributed by atoms with van der Waals surface area (Å²) in [6.45, 7) is 3.36. The molecule has 0 radical (unpaired) electrons. The summed E-state index contributed by atoms with van der Waals surface area (Å²) in [5.41, 5.74) is 2.29. The molecule has 0 spiro atoms. The van der Waals surface area contributed by atoms with Crippen LogP contribution < -0.4 is 14.4 Å². The number of aromatic nitrogens is 1. The quantitative estimate of drug-likeness (QED) is 0.435. The van der Waals surface area contributed by atoms with Gasteiger partial charge in [0.15, 0.2) is 16.6 Å². The number of nitrogens with zero attached hydrogens (tertiary/aromatic N) is 3. The third-order valence-corrected chi connectivity index (χ3v) is 5.98. The minimum Gasteiger partial charge on any atom is -0.493 e. The lowest BCUT2D eigenvalue weighted by molar-refractivity contribution is 0.0982. The van der Waals surface area contributed by atoms with Crippen molar-refractivity contribution in [3.8, 4) is 11.5 Å². The number of carbonyl (C=O) groups is 1. The number of rotatable bonds is 8. The van der Waals surface area contributed by atoms with Gasteiger partial charge in [-0.3, -0.25) is 9.69 Å². The van der Waals surface area contributed by atoms with Crippen LogP contribution in [0.25, 0.3) is 10.2 Å². The molecular weight excluding hydrogens is 457 g/mol. The summed E-state index contributed by atoms with van der Waals surface area (Å²) in [5, 5.41) is 1.30. The lowest BCUT2D eigenvalue weighted by Crippen LogP contribution is -2.33. The molecule has 31 heavy (non-hydrogen) atoms. The van der Waals surface area contributed by atoms with Crippen LogP contribution in [0, 0.1) is 6.92 Å². The molecule has 3 aromatic rings. The number of fused-ring (bicyclic) bond motifs is 1. The van der Waals surface area contributed by atoms with E-state index in [1.54, 1.807) is 30.2 Å². The monoisotopic (exact) mass is 483 g/mol. The van der Waals surface area contributed by atoms with Gasteiger partial charge in [-0.2, -0.15) is 0 Å². The molecule has 0 aliphatic rings. The second-order valence-corrected chi connectivity index (χ2v) is 8.67. The van der Waals surface area contributed by atoms with E-state index in [0.717, 1.165) is 28.7 Å². The van der Waals surface area contributed by atoms with Crippen LogP contribution in [0.15, 0.2) is 30.3 Å². The van der Waals surface area contributed by atoms with Gasteiger partial charge >= 0.3 is 0 Å². The van der Waals surface area contributed by atoms with E-state index in [1.807, 2.05) is 33.2 Å². The van der Waals surface area contributed by atoms with Crippen molar-refractivity contribution in [3.63, 3.8) is 0 Å². The summed E-state index contributed by atoms with van der Waals surface area (Å²) >= 11 is 7.69. The normalized spacial score (nSPS) is 10.8. The third kappa shape index (κ3) is 5.60. The summed E-state index contributed by atoms with van der Waals surface area (Å²) in [6.07, 6.45) is 0.806. The van der Waals surface area contributed by atoms with E-state index < -0.39 is 0 Å². The summed E-state index contributed by atoms with van der Waals surface area (Å²) in [4.78, 5) is 22.2. The van der Waals surface area contributed by atoms with Crippen LogP contribution in [0.5, 0.6) is 11.5 Å². The van der Waals surface area contributed by atoms with E-state index in [-0.39, 0.29) is 18.3 Å². The largest absolute Gasteiger partial charge is 0.493 e. The fraction of sp³-hybridized carbons (Fsp3) is 0.364. The average Bonchev–Trinajstić information content (AvgIpc) is 3.13. The smallest absolute Gasteiger partial charge is 0.263 e. The Balaban J connectivity index is 0.00000341. The molecule has 2 aromatic carbocycles. The Morgan fingerprint density at radius 3 is 2.55 bits per heavy atom. The fourth-order valence-corrected chi connectivity index (χ4v) is 4.73. The van der Waals surface area contributed by atoms with Crippen molar-refractivity contribution in [2.75, 3.05) is 46.3 Å². The first-order valence-electron chi connectivity index (χ1n) is 9.60. The van der Waals surface area contributed by atoms with Crippen LogP contribution in [0.1, 0.15) is 22.3 Å².